The second-order valence-electron chi connectivity index (χ2n) is 4.22. The maximum atomic E-state index is 13.2. The van der Waals surface area contributed by atoms with Crippen LogP contribution in [0.25, 0.3) is 0 Å². The average Bonchev–Trinajstić information content (AvgIpc) is 2.36. The summed E-state index contributed by atoms with van der Waals surface area (Å²) < 4.78 is 13.6. The molecule has 1 nitrogen and oxygen atoms in total. The molecule has 2 rings (SSSR count). The highest BCUT2D eigenvalue weighted by Gasteiger charge is 2.12. The van der Waals surface area contributed by atoms with E-state index in [0.717, 1.165) is 11.1 Å². The molecule has 0 aromatic heterocycles. The van der Waals surface area contributed by atoms with Crippen molar-refractivity contribution in [1.29, 1.82) is 0 Å². The normalized spacial score (nSPS) is 12.5. The van der Waals surface area contributed by atoms with Gasteiger partial charge in [-0.15, -0.1) is 0 Å². The number of nitrogens with two attached hydrogens (primary N) is 1. The first-order valence-corrected chi connectivity index (χ1v) is 7.16. The molecule has 0 aliphatic carbocycles. The molecule has 2 aromatic rings. The summed E-state index contributed by atoms with van der Waals surface area (Å²) in [4.78, 5) is 0. The SMILES string of the molecule is NC(Cc1ccc(F)c(Br)c1)c1cc(Cl)ccc1Cl. The molecule has 0 bridgehead atoms. The maximum Gasteiger partial charge on any atom is 0.137 e. The van der Waals surface area contributed by atoms with Crippen LogP contribution in [0.15, 0.2) is 40.9 Å². The predicted molar refractivity (Wildman–Crippen MR) is 81.2 cm³/mol. The molecule has 0 spiro atoms. The van der Waals surface area contributed by atoms with E-state index in [4.69, 9.17) is 28.9 Å². The molecule has 0 fully saturated rings. The molecule has 0 saturated heterocycles. The molecule has 0 radical (unpaired) electrons. The van der Waals surface area contributed by atoms with Gasteiger partial charge in [0.2, 0.25) is 0 Å². The zero-order valence-corrected chi connectivity index (χ0v) is 12.9. The van der Waals surface area contributed by atoms with E-state index >= 15 is 0 Å². The van der Waals surface area contributed by atoms with Gasteiger partial charge in [-0.1, -0.05) is 29.3 Å². The van der Waals surface area contributed by atoms with Crippen LogP contribution in [-0.4, -0.2) is 0 Å². The van der Waals surface area contributed by atoms with Gasteiger partial charge in [0.25, 0.3) is 0 Å². The van der Waals surface area contributed by atoms with Crippen LogP contribution < -0.4 is 5.73 Å². The summed E-state index contributed by atoms with van der Waals surface area (Å²) >= 11 is 15.2. The third-order valence-corrected chi connectivity index (χ3v) is 3.98. The first-order valence-electron chi connectivity index (χ1n) is 5.62. The third-order valence-electron chi connectivity index (χ3n) is 2.80. The number of hydrogen-bond acceptors (Lipinski definition) is 1. The number of rotatable bonds is 3. The molecule has 5 heteroatoms. The Morgan fingerprint density at radius 2 is 1.89 bits per heavy atom. The number of hydrogen-bond donors (Lipinski definition) is 1. The molecule has 19 heavy (non-hydrogen) atoms. The first kappa shape index (κ1) is 14.8. The van der Waals surface area contributed by atoms with Crippen molar-refractivity contribution < 1.29 is 4.39 Å². The summed E-state index contributed by atoms with van der Waals surface area (Å²) in [6.45, 7) is 0. The van der Waals surface area contributed by atoms with Crippen LogP contribution in [0.2, 0.25) is 10.0 Å². The molecule has 0 aliphatic rings. The quantitative estimate of drug-likeness (QED) is 0.803. The van der Waals surface area contributed by atoms with E-state index in [1.165, 1.54) is 6.07 Å². The minimum atomic E-state index is -0.293. The molecule has 1 unspecified atom stereocenters. The summed E-state index contributed by atoms with van der Waals surface area (Å²) in [5, 5.41) is 1.17. The van der Waals surface area contributed by atoms with Crippen LogP contribution in [0, 0.1) is 5.82 Å². The van der Waals surface area contributed by atoms with Crippen molar-refractivity contribution in [3.8, 4) is 0 Å². The Morgan fingerprint density at radius 3 is 2.58 bits per heavy atom. The molecule has 0 heterocycles. The smallest absolute Gasteiger partial charge is 0.137 e. The van der Waals surface area contributed by atoms with Gasteiger partial charge in [-0.05, 0) is 63.8 Å². The Morgan fingerprint density at radius 1 is 1.16 bits per heavy atom. The van der Waals surface area contributed by atoms with E-state index in [0.29, 0.717) is 20.9 Å². The van der Waals surface area contributed by atoms with E-state index < -0.39 is 0 Å². The Bertz CT molecular complexity index is 604. The summed E-state index contributed by atoms with van der Waals surface area (Å²) in [6.07, 6.45) is 0.555. The number of halogens is 4. The largest absolute Gasteiger partial charge is 0.324 e. The Labute approximate surface area is 129 Å². The van der Waals surface area contributed by atoms with Gasteiger partial charge in [0, 0.05) is 16.1 Å². The van der Waals surface area contributed by atoms with Crippen LogP contribution in [0.5, 0.6) is 0 Å². The lowest BCUT2D eigenvalue weighted by Crippen LogP contribution is -2.14. The Kier molecular flexibility index (Phi) is 4.85. The molecule has 0 aliphatic heterocycles. The lowest BCUT2D eigenvalue weighted by Gasteiger charge is -2.14. The van der Waals surface area contributed by atoms with Crippen molar-refractivity contribution in [3.05, 3.63) is 67.9 Å². The maximum absolute atomic E-state index is 13.2. The van der Waals surface area contributed by atoms with E-state index in [9.17, 15) is 4.39 Å². The molecule has 2 N–H and O–H groups in total. The van der Waals surface area contributed by atoms with Gasteiger partial charge in [0.15, 0.2) is 0 Å². The topological polar surface area (TPSA) is 26.0 Å². The van der Waals surface area contributed by atoms with E-state index in [1.54, 1.807) is 30.3 Å². The van der Waals surface area contributed by atoms with Crippen molar-refractivity contribution in [2.45, 2.75) is 12.5 Å². The highest BCUT2D eigenvalue weighted by molar-refractivity contribution is 9.10. The van der Waals surface area contributed by atoms with Gasteiger partial charge >= 0.3 is 0 Å². The zero-order valence-electron chi connectivity index (χ0n) is 9.84. The standard InChI is InChI=1S/C14H11BrCl2FN/c15-11-5-8(1-4-13(11)18)6-14(19)10-7-9(16)2-3-12(10)17/h1-5,7,14H,6,19H2. The second-order valence-corrected chi connectivity index (χ2v) is 5.92. The highest BCUT2D eigenvalue weighted by Crippen LogP contribution is 2.28. The number of benzene rings is 2. The van der Waals surface area contributed by atoms with E-state index in [2.05, 4.69) is 15.9 Å². The second kappa shape index (κ2) is 6.23. The predicted octanol–water partition coefficient (Wildman–Crippen LogP) is 5.14. The van der Waals surface area contributed by atoms with Gasteiger partial charge in [0.1, 0.15) is 5.82 Å². The Balaban J connectivity index is 2.22. The van der Waals surface area contributed by atoms with Crippen molar-refractivity contribution >= 4 is 39.1 Å². The minimum absolute atomic E-state index is 0.288. The van der Waals surface area contributed by atoms with Gasteiger partial charge in [0.05, 0.1) is 4.47 Å². The van der Waals surface area contributed by atoms with Crippen molar-refractivity contribution in [2.24, 2.45) is 5.73 Å². The third kappa shape index (κ3) is 3.69. The van der Waals surface area contributed by atoms with Crippen molar-refractivity contribution in [2.75, 3.05) is 0 Å². The minimum Gasteiger partial charge on any atom is -0.324 e. The average molecular weight is 363 g/mol. The molecular weight excluding hydrogens is 352 g/mol. The van der Waals surface area contributed by atoms with Gasteiger partial charge < -0.3 is 5.73 Å². The zero-order chi connectivity index (χ0) is 14.0. The first-order chi connectivity index (χ1) is 8.97. The summed E-state index contributed by atoms with van der Waals surface area (Å²) in [5.74, 6) is -0.293. The van der Waals surface area contributed by atoms with Gasteiger partial charge in [-0.25, -0.2) is 4.39 Å². The van der Waals surface area contributed by atoms with Crippen molar-refractivity contribution in [1.82, 2.24) is 0 Å². The van der Waals surface area contributed by atoms with Crippen LogP contribution in [0.3, 0.4) is 0 Å². The van der Waals surface area contributed by atoms with Crippen molar-refractivity contribution in [3.63, 3.8) is 0 Å². The molecule has 0 saturated carbocycles. The highest BCUT2D eigenvalue weighted by atomic mass is 79.9. The lowest BCUT2D eigenvalue weighted by atomic mass is 10.00. The van der Waals surface area contributed by atoms with Gasteiger partial charge in [-0.2, -0.15) is 0 Å². The fourth-order valence-electron chi connectivity index (χ4n) is 1.83. The summed E-state index contributed by atoms with van der Waals surface area (Å²) in [7, 11) is 0. The molecular formula is C14H11BrCl2FN. The summed E-state index contributed by atoms with van der Waals surface area (Å²) in [6, 6.07) is 9.74. The van der Waals surface area contributed by atoms with E-state index in [1.807, 2.05) is 0 Å². The van der Waals surface area contributed by atoms with Gasteiger partial charge in [-0.3, -0.25) is 0 Å². The monoisotopic (exact) mass is 361 g/mol. The van der Waals surface area contributed by atoms with Crippen LogP contribution >= 0.6 is 39.1 Å². The molecule has 2 aromatic carbocycles. The summed E-state index contributed by atoms with van der Waals surface area (Å²) in [5.41, 5.74) is 7.85. The fraction of sp³-hybridized carbons (Fsp3) is 0.143. The van der Waals surface area contributed by atoms with Crippen LogP contribution in [0.1, 0.15) is 17.2 Å². The van der Waals surface area contributed by atoms with Crippen LogP contribution in [-0.2, 0) is 6.42 Å². The molecule has 0 amide bonds. The van der Waals surface area contributed by atoms with Crippen LogP contribution in [0.4, 0.5) is 4.39 Å². The lowest BCUT2D eigenvalue weighted by molar-refractivity contribution is 0.618. The Hall–Kier alpha value is -0.610. The van der Waals surface area contributed by atoms with E-state index in [-0.39, 0.29) is 11.9 Å². The fourth-order valence-corrected chi connectivity index (χ4v) is 2.69. The molecule has 1 atom stereocenters. The molecule has 100 valence electrons.